The molecule has 2 N–H and O–H groups in total. The van der Waals surface area contributed by atoms with Gasteiger partial charge in [-0.3, -0.25) is 19.4 Å². The van der Waals surface area contributed by atoms with Crippen LogP contribution in [0.2, 0.25) is 10.0 Å². The van der Waals surface area contributed by atoms with Crippen molar-refractivity contribution in [3.63, 3.8) is 0 Å². The minimum atomic E-state index is -0.891. The van der Waals surface area contributed by atoms with Crippen molar-refractivity contribution in [1.82, 2.24) is 39.3 Å². The molecule has 0 bridgehead atoms. The van der Waals surface area contributed by atoms with Crippen molar-refractivity contribution < 1.29 is 38.7 Å². The molecule has 18 heteroatoms. The third-order valence-corrected chi connectivity index (χ3v) is 14.3. The van der Waals surface area contributed by atoms with Gasteiger partial charge >= 0.3 is 11.9 Å². The predicted octanol–water partition coefficient (Wildman–Crippen LogP) is 12.1. The van der Waals surface area contributed by atoms with Gasteiger partial charge in [0, 0.05) is 84.7 Å². The smallest absolute Gasteiger partial charge is 0.320 e. The van der Waals surface area contributed by atoms with Gasteiger partial charge in [0.1, 0.15) is 61.5 Å². The summed E-state index contributed by atoms with van der Waals surface area (Å²) in [6, 6.07) is 29.2. The van der Waals surface area contributed by atoms with Gasteiger partial charge in [0.2, 0.25) is 0 Å². The first-order valence-electron chi connectivity index (χ1n) is 25.8. The molecule has 8 rings (SSSR count). The van der Waals surface area contributed by atoms with Gasteiger partial charge in [-0.1, -0.05) is 98.4 Å². The lowest BCUT2D eigenvalue weighted by atomic mass is 9.92. The van der Waals surface area contributed by atoms with Crippen LogP contribution >= 0.6 is 23.2 Å². The van der Waals surface area contributed by atoms with Crippen molar-refractivity contribution in [1.29, 1.82) is 0 Å². The van der Waals surface area contributed by atoms with E-state index in [-0.39, 0.29) is 39.5 Å². The summed E-state index contributed by atoms with van der Waals surface area (Å²) >= 11 is 13.9. The van der Waals surface area contributed by atoms with Crippen molar-refractivity contribution in [2.45, 2.75) is 105 Å². The fourth-order valence-corrected chi connectivity index (χ4v) is 9.72. The third-order valence-electron chi connectivity index (χ3n) is 13.7. The van der Waals surface area contributed by atoms with Crippen molar-refractivity contribution >= 4 is 35.1 Å². The summed E-state index contributed by atoms with van der Waals surface area (Å²) in [7, 11) is 3.58. The van der Waals surface area contributed by atoms with Gasteiger partial charge in [0.05, 0.1) is 10.0 Å². The van der Waals surface area contributed by atoms with E-state index in [2.05, 4.69) is 46.1 Å². The molecule has 2 atom stereocenters. The number of pyridine rings is 2. The van der Waals surface area contributed by atoms with E-state index in [0.29, 0.717) is 81.5 Å². The summed E-state index contributed by atoms with van der Waals surface area (Å²) in [6.07, 6.45) is 12.9. The Labute approximate surface area is 464 Å². The minimum Gasteiger partial charge on any atom is -0.488 e. The van der Waals surface area contributed by atoms with Crippen molar-refractivity contribution in [2.24, 2.45) is 0 Å². The van der Waals surface area contributed by atoms with Crippen LogP contribution in [0.15, 0.2) is 134 Å². The topological polar surface area (TPSA) is 179 Å². The average Bonchev–Trinajstić information content (AvgIpc) is 4.22. The number of carbonyl (C=O) groups is 2. The van der Waals surface area contributed by atoms with Crippen molar-refractivity contribution in [3.05, 3.63) is 189 Å². The fraction of sp³-hybridized carbons (Fsp3) is 0.300. The Morgan fingerprint density at radius 3 is 1.31 bits per heavy atom. The lowest BCUT2D eigenvalue weighted by Crippen LogP contribution is -2.37. The Balaban J connectivity index is 0.996. The molecule has 4 aromatic carbocycles. The summed E-state index contributed by atoms with van der Waals surface area (Å²) in [6.45, 7) is 9.40. The number of carboxylic acid groups (broad SMARTS) is 2. The molecule has 8 aromatic rings. The molecule has 78 heavy (non-hydrogen) atoms. The van der Waals surface area contributed by atoms with E-state index >= 15 is 0 Å². The van der Waals surface area contributed by atoms with Crippen molar-refractivity contribution in [2.75, 3.05) is 14.1 Å². The molecule has 0 saturated heterocycles. The summed E-state index contributed by atoms with van der Waals surface area (Å²) in [5.74, 6) is 1.41. The zero-order valence-electron chi connectivity index (χ0n) is 44.6. The van der Waals surface area contributed by atoms with Gasteiger partial charge in [-0.15, -0.1) is 0 Å². The van der Waals surface area contributed by atoms with Crippen LogP contribution in [0, 0.1) is 13.8 Å². The summed E-state index contributed by atoms with van der Waals surface area (Å²) in [5, 5.41) is 29.3. The Hall–Kier alpha value is -7.76. The number of aliphatic carboxylic acids is 2. The van der Waals surface area contributed by atoms with Gasteiger partial charge in [-0.05, 0) is 111 Å². The van der Waals surface area contributed by atoms with E-state index in [1.165, 1.54) is 0 Å². The number of halogens is 2. The van der Waals surface area contributed by atoms with E-state index in [0.717, 1.165) is 44.5 Å². The number of rotatable bonds is 27. The molecular weight excluding hydrogens is 1030 g/mol. The van der Waals surface area contributed by atoms with E-state index in [4.69, 9.17) is 42.1 Å². The number of nitrogens with zero attached hydrogens (tertiary/aromatic N) is 8. The first-order chi connectivity index (χ1) is 37.7. The number of benzene rings is 4. The third kappa shape index (κ3) is 14.0. The number of carboxylic acids is 2. The Morgan fingerprint density at radius 2 is 0.962 bits per heavy atom. The van der Waals surface area contributed by atoms with Crippen LogP contribution in [0.3, 0.4) is 0 Å². The molecule has 0 amide bonds. The Morgan fingerprint density at radius 1 is 0.551 bits per heavy atom. The molecule has 406 valence electrons. The van der Waals surface area contributed by atoms with Gasteiger partial charge in [0.25, 0.3) is 0 Å². The minimum absolute atomic E-state index is 0.191. The van der Waals surface area contributed by atoms with Crippen LogP contribution in [0.4, 0.5) is 0 Å². The highest BCUT2D eigenvalue weighted by atomic mass is 35.5. The van der Waals surface area contributed by atoms with Crippen LogP contribution in [0.1, 0.15) is 84.0 Å². The van der Waals surface area contributed by atoms with E-state index in [1.54, 1.807) is 82.3 Å². The molecule has 4 heterocycles. The molecule has 4 aromatic heterocycles. The van der Waals surface area contributed by atoms with Gasteiger partial charge < -0.3 is 29.2 Å². The maximum atomic E-state index is 12.2. The quantitative estimate of drug-likeness (QED) is 0.0497. The average molecular weight is 1100 g/mol. The molecule has 0 unspecified atom stereocenters. The zero-order chi connectivity index (χ0) is 55.3. The van der Waals surface area contributed by atoms with E-state index < -0.39 is 24.0 Å². The maximum absolute atomic E-state index is 12.2. The lowest BCUT2D eigenvalue weighted by Gasteiger charge is -2.26. The van der Waals surface area contributed by atoms with E-state index in [1.807, 2.05) is 86.9 Å². The molecule has 0 aliphatic heterocycles. The highest BCUT2D eigenvalue weighted by Crippen LogP contribution is 2.38. The molecule has 0 aliphatic carbocycles. The number of likely N-dealkylation sites (N-methyl/N-ethyl adjacent to an activating group) is 2. The van der Waals surface area contributed by atoms with Crippen LogP contribution in [0.5, 0.6) is 23.0 Å². The largest absolute Gasteiger partial charge is 0.488 e. The van der Waals surface area contributed by atoms with Crippen LogP contribution in [-0.2, 0) is 49.1 Å². The van der Waals surface area contributed by atoms with Gasteiger partial charge in [-0.25, -0.2) is 19.3 Å². The molecule has 0 aliphatic rings. The SMILES string of the molecule is CCC[C@@H](C(=O)O)N(C)Cc1cc(Cl)c(OCc2cccc(-c3cccc(COc4cc(OCc5ccc(-n6cccn6)nc5)c(CN(C)[C@@H](CCC)C(=O)O)cc4Cl)c3C)c2C)cc1OCc1ccc(-n2cccn2)nc1. The molecule has 0 saturated carbocycles. The first kappa shape index (κ1) is 56.4. The van der Waals surface area contributed by atoms with Crippen LogP contribution in [0.25, 0.3) is 22.8 Å². The van der Waals surface area contributed by atoms with Crippen LogP contribution in [-0.4, -0.2) is 87.7 Å². The highest BCUT2D eigenvalue weighted by molar-refractivity contribution is 6.32. The number of hydrogen-bond donors (Lipinski definition) is 2. The zero-order valence-corrected chi connectivity index (χ0v) is 46.1. The summed E-state index contributed by atoms with van der Waals surface area (Å²) < 4.78 is 29.2. The second-order valence-electron chi connectivity index (χ2n) is 19.2. The number of ether oxygens (including phenoxy) is 4. The molecular formula is C60H64Cl2N8O8. The van der Waals surface area contributed by atoms with Crippen LogP contribution < -0.4 is 18.9 Å². The monoisotopic (exact) mass is 1090 g/mol. The Kier molecular flexibility index (Phi) is 19.2. The highest BCUT2D eigenvalue weighted by Gasteiger charge is 2.26. The predicted molar refractivity (Wildman–Crippen MR) is 300 cm³/mol. The number of hydrogen-bond acceptors (Lipinski definition) is 12. The fourth-order valence-electron chi connectivity index (χ4n) is 9.24. The van der Waals surface area contributed by atoms with Gasteiger partial charge in [-0.2, -0.15) is 10.2 Å². The molecule has 16 nitrogen and oxygen atoms in total. The molecule has 0 radical (unpaired) electrons. The molecule has 0 spiro atoms. The standard InChI is InChI=1S/C60H64Cl2N8O8/c1-7-13-51(59(71)72)67(5)33-45-27-49(61)55(29-53(45)75-35-41-19-21-57(63-31-41)69-25-11-23-65-69)77-37-43-15-9-17-47(39(43)3)48-18-10-16-44(40(48)4)38-78-56-30-54(46(28-50(56)62)34-68(6)52(14-8-2)60(73)74)76-36-42-20-22-58(64-32-42)70-26-12-24-66-70/h9-12,15-32,51-52H,7-8,13-14,33-38H2,1-6H3,(H,71,72)(H,73,74)/t51-,52-/m0/s1. The molecule has 0 fully saturated rings. The maximum Gasteiger partial charge on any atom is 0.320 e. The normalized spacial score (nSPS) is 12.2. The second-order valence-corrected chi connectivity index (χ2v) is 20.0. The lowest BCUT2D eigenvalue weighted by molar-refractivity contribution is -0.144. The first-order valence-corrected chi connectivity index (χ1v) is 26.6. The van der Waals surface area contributed by atoms with E-state index in [9.17, 15) is 19.8 Å². The second kappa shape index (κ2) is 26.5. The summed E-state index contributed by atoms with van der Waals surface area (Å²) in [4.78, 5) is 37.2. The van der Waals surface area contributed by atoms with Crippen molar-refractivity contribution in [3.8, 4) is 45.8 Å². The Bertz CT molecular complexity index is 3070. The van der Waals surface area contributed by atoms with Gasteiger partial charge in [0.15, 0.2) is 11.6 Å². The summed E-state index contributed by atoms with van der Waals surface area (Å²) in [5.41, 5.74) is 9.06. The number of aromatic nitrogens is 6.